The maximum atomic E-state index is 12.4. The van der Waals surface area contributed by atoms with Gasteiger partial charge in [0.1, 0.15) is 18.5 Å². The average Bonchev–Trinajstić information content (AvgIpc) is 2.29. The zero-order chi connectivity index (χ0) is 10.8. The molecule has 0 fully saturated rings. The quantitative estimate of drug-likeness (QED) is 0.825. The first-order valence-electron chi connectivity index (χ1n) is 4.29. The molecule has 0 saturated carbocycles. The van der Waals surface area contributed by atoms with E-state index in [0.717, 1.165) is 0 Å². The molecule has 15 heavy (non-hydrogen) atoms. The predicted molar refractivity (Wildman–Crippen MR) is 57.8 cm³/mol. The SMILES string of the molecule is OC1/C(=C\Cl)COc2ccc(SF)cc21. The Morgan fingerprint density at radius 1 is 1.60 bits per heavy atom. The van der Waals surface area contributed by atoms with Crippen LogP contribution in [-0.2, 0) is 0 Å². The molecule has 2 nitrogen and oxygen atoms in total. The van der Waals surface area contributed by atoms with Crippen LogP contribution in [0.25, 0.3) is 0 Å². The van der Waals surface area contributed by atoms with Gasteiger partial charge in [0.15, 0.2) is 0 Å². The van der Waals surface area contributed by atoms with Crippen LogP contribution in [0.4, 0.5) is 3.89 Å². The van der Waals surface area contributed by atoms with Gasteiger partial charge in [-0.2, -0.15) is 3.89 Å². The number of halogens is 2. The Bertz CT molecular complexity index is 408. The van der Waals surface area contributed by atoms with E-state index in [4.69, 9.17) is 16.3 Å². The van der Waals surface area contributed by atoms with Crippen molar-refractivity contribution in [3.8, 4) is 5.75 Å². The van der Waals surface area contributed by atoms with Crippen LogP contribution in [-0.4, -0.2) is 11.7 Å². The van der Waals surface area contributed by atoms with E-state index in [1.54, 1.807) is 18.2 Å². The molecule has 1 unspecified atom stereocenters. The van der Waals surface area contributed by atoms with Gasteiger partial charge >= 0.3 is 0 Å². The fourth-order valence-electron chi connectivity index (χ4n) is 1.45. The van der Waals surface area contributed by atoms with Crippen LogP contribution in [0.2, 0.25) is 0 Å². The molecule has 0 radical (unpaired) electrons. The van der Waals surface area contributed by atoms with Crippen molar-refractivity contribution in [3.05, 3.63) is 34.9 Å². The van der Waals surface area contributed by atoms with Crippen LogP contribution in [0.1, 0.15) is 11.7 Å². The van der Waals surface area contributed by atoms with E-state index >= 15 is 0 Å². The molecule has 80 valence electrons. The minimum atomic E-state index is -0.807. The molecule has 0 aliphatic carbocycles. The van der Waals surface area contributed by atoms with E-state index in [-0.39, 0.29) is 18.8 Å². The summed E-state index contributed by atoms with van der Waals surface area (Å²) in [4.78, 5) is 0.437. The molecule has 1 aliphatic rings. The molecule has 1 heterocycles. The minimum Gasteiger partial charge on any atom is -0.489 e. The Labute approximate surface area is 96.0 Å². The van der Waals surface area contributed by atoms with E-state index in [2.05, 4.69) is 0 Å². The molecule has 0 bridgehead atoms. The summed E-state index contributed by atoms with van der Waals surface area (Å²) in [5, 5.41) is 9.88. The van der Waals surface area contributed by atoms with Crippen molar-refractivity contribution in [2.45, 2.75) is 11.0 Å². The van der Waals surface area contributed by atoms with Crippen molar-refractivity contribution < 1.29 is 13.7 Å². The normalized spacial score (nSPS) is 22.3. The number of fused-ring (bicyclic) bond motifs is 1. The van der Waals surface area contributed by atoms with Crippen molar-refractivity contribution in [1.82, 2.24) is 0 Å². The van der Waals surface area contributed by atoms with Crippen LogP contribution < -0.4 is 4.74 Å². The molecule has 2 rings (SSSR count). The zero-order valence-electron chi connectivity index (χ0n) is 7.61. The smallest absolute Gasteiger partial charge is 0.126 e. The second kappa shape index (κ2) is 4.43. The lowest BCUT2D eigenvalue weighted by Gasteiger charge is -2.24. The number of rotatable bonds is 1. The topological polar surface area (TPSA) is 29.5 Å². The van der Waals surface area contributed by atoms with Gasteiger partial charge in [-0.25, -0.2) is 0 Å². The number of aliphatic hydroxyl groups excluding tert-OH is 1. The molecular weight excluding hydrogens is 239 g/mol. The molecule has 1 aromatic carbocycles. The second-order valence-electron chi connectivity index (χ2n) is 3.15. The first kappa shape index (κ1) is 10.8. The minimum absolute atomic E-state index is 0.133. The number of benzene rings is 1. The summed E-state index contributed by atoms with van der Waals surface area (Å²) in [5.41, 5.74) is 2.42. The first-order chi connectivity index (χ1) is 7.26. The van der Waals surface area contributed by atoms with Crippen LogP contribution in [0.5, 0.6) is 5.75 Å². The highest BCUT2D eigenvalue weighted by molar-refractivity contribution is 7.94. The Balaban J connectivity index is 2.44. The third-order valence-corrected chi connectivity index (χ3v) is 2.96. The van der Waals surface area contributed by atoms with Gasteiger partial charge in [0, 0.05) is 21.6 Å². The lowest BCUT2D eigenvalue weighted by molar-refractivity contribution is 0.170. The van der Waals surface area contributed by atoms with Gasteiger partial charge in [0.05, 0.1) is 12.1 Å². The lowest BCUT2D eigenvalue weighted by atomic mass is 10.00. The van der Waals surface area contributed by atoms with Crippen LogP contribution in [0.3, 0.4) is 0 Å². The van der Waals surface area contributed by atoms with Gasteiger partial charge in [-0.15, -0.1) is 0 Å². The fourth-order valence-corrected chi connectivity index (χ4v) is 1.92. The van der Waals surface area contributed by atoms with Gasteiger partial charge in [-0.1, -0.05) is 11.6 Å². The third kappa shape index (κ3) is 1.97. The molecule has 0 amide bonds. The van der Waals surface area contributed by atoms with Gasteiger partial charge < -0.3 is 9.84 Å². The monoisotopic (exact) mass is 246 g/mol. The summed E-state index contributed by atoms with van der Waals surface area (Å²) in [5.74, 6) is 0.572. The van der Waals surface area contributed by atoms with Crippen molar-refractivity contribution in [1.29, 1.82) is 0 Å². The van der Waals surface area contributed by atoms with Crippen LogP contribution >= 0.6 is 23.7 Å². The number of aliphatic hydroxyl groups is 1. The van der Waals surface area contributed by atoms with Crippen LogP contribution in [0, 0.1) is 0 Å². The van der Waals surface area contributed by atoms with E-state index in [0.29, 0.717) is 21.8 Å². The maximum absolute atomic E-state index is 12.4. The molecule has 1 aliphatic heterocycles. The molecular formula is C10H8ClFO2S. The van der Waals surface area contributed by atoms with E-state index in [1.165, 1.54) is 5.54 Å². The van der Waals surface area contributed by atoms with Crippen molar-refractivity contribution >= 4 is 23.7 Å². The molecule has 1 N–H and O–H groups in total. The first-order valence-corrected chi connectivity index (χ1v) is 5.44. The van der Waals surface area contributed by atoms with Gasteiger partial charge in [0.2, 0.25) is 0 Å². The summed E-state index contributed by atoms with van der Waals surface area (Å²) in [6, 6.07) is 4.81. The molecule has 0 spiro atoms. The van der Waals surface area contributed by atoms with Crippen molar-refractivity contribution in [2.24, 2.45) is 0 Å². The number of hydrogen-bond acceptors (Lipinski definition) is 3. The highest BCUT2D eigenvalue weighted by atomic mass is 35.5. The van der Waals surface area contributed by atoms with E-state index in [9.17, 15) is 8.99 Å². The standard InChI is InChI=1S/C10H8ClFO2S/c11-4-6-5-14-9-2-1-7(15-12)3-8(9)10(6)13/h1-4,10,13H,5H2/b6-4-. The summed E-state index contributed by atoms with van der Waals surface area (Å²) in [6.45, 7) is 0.264. The van der Waals surface area contributed by atoms with E-state index < -0.39 is 6.10 Å². The fraction of sp³-hybridized carbons (Fsp3) is 0.200. The summed E-state index contributed by atoms with van der Waals surface area (Å²) < 4.78 is 17.7. The van der Waals surface area contributed by atoms with Crippen LogP contribution in [0.15, 0.2) is 34.2 Å². The zero-order valence-corrected chi connectivity index (χ0v) is 9.19. The van der Waals surface area contributed by atoms with Gasteiger partial charge in [-0.3, -0.25) is 0 Å². The van der Waals surface area contributed by atoms with Crippen molar-refractivity contribution in [2.75, 3.05) is 6.61 Å². The van der Waals surface area contributed by atoms with Gasteiger partial charge in [0.25, 0.3) is 0 Å². The van der Waals surface area contributed by atoms with E-state index in [1.807, 2.05) is 0 Å². The molecule has 0 saturated heterocycles. The molecule has 1 atom stereocenters. The highest BCUT2D eigenvalue weighted by Gasteiger charge is 2.24. The second-order valence-corrected chi connectivity index (χ2v) is 4.00. The third-order valence-electron chi connectivity index (χ3n) is 2.25. The molecule has 0 aromatic heterocycles. The molecule has 1 aromatic rings. The predicted octanol–water partition coefficient (Wildman–Crippen LogP) is 3.21. The summed E-state index contributed by atoms with van der Waals surface area (Å²) >= 11 is 5.67. The summed E-state index contributed by atoms with van der Waals surface area (Å²) in [6.07, 6.45) is -0.807. The number of hydrogen-bond donors (Lipinski definition) is 1. The van der Waals surface area contributed by atoms with Crippen molar-refractivity contribution in [3.63, 3.8) is 0 Å². The Morgan fingerprint density at radius 2 is 2.40 bits per heavy atom. The molecule has 5 heteroatoms. The lowest BCUT2D eigenvalue weighted by Crippen LogP contribution is -2.17. The highest BCUT2D eigenvalue weighted by Crippen LogP contribution is 2.37. The summed E-state index contributed by atoms with van der Waals surface area (Å²) in [7, 11) is 0. The average molecular weight is 247 g/mol. The maximum Gasteiger partial charge on any atom is 0.126 e. The van der Waals surface area contributed by atoms with Gasteiger partial charge in [-0.05, 0) is 18.2 Å². The Hall–Kier alpha value is -0.710. The Kier molecular flexibility index (Phi) is 3.19. The largest absolute Gasteiger partial charge is 0.489 e. The Morgan fingerprint density at radius 3 is 3.07 bits per heavy atom. The number of ether oxygens (including phenoxy) is 1.